The summed E-state index contributed by atoms with van der Waals surface area (Å²) in [5, 5.41) is 6.57. The number of nitrogens with one attached hydrogen (secondary N) is 2. The molecule has 0 saturated carbocycles. The second-order valence-corrected chi connectivity index (χ2v) is 2.35. The van der Waals surface area contributed by atoms with Crippen LogP contribution in [0.4, 0.5) is 0 Å². The van der Waals surface area contributed by atoms with Gasteiger partial charge in [0.1, 0.15) is 6.33 Å². The third-order valence-corrected chi connectivity index (χ3v) is 1.62. The van der Waals surface area contributed by atoms with Crippen LogP contribution in [0, 0.1) is 6.92 Å². The minimum atomic E-state index is 0.809. The largest absolute Gasteiger partial charge is 0.365 e. The number of aryl methyl sites for hydroxylation is 1. The van der Waals surface area contributed by atoms with Crippen molar-refractivity contribution >= 4 is 0 Å². The number of hydrogen-bond donors (Lipinski definition) is 2. The Kier molecular flexibility index (Phi) is 1.25. The molecule has 0 aliphatic rings. The molecule has 0 atom stereocenters. The topological polar surface area (TPSA) is 57.4 Å². The summed E-state index contributed by atoms with van der Waals surface area (Å²) in [4.78, 5) is 7.10. The molecule has 0 radical (unpaired) electrons. The van der Waals surface area contributed by atoms with Gasteiger partial charge in [0, 0.05) is 17.5 Å². The van der Waals surface area contributed by atoms with Crippen LogP contribution in [-0.2, 0) is 0 Å². The number of rotatable bonds is 1. The smallest absolute Gasteiger partial charge is 0.157 e. The highest BCUT2D eigenvalue weighted by Crippen LogP contribution is 2.16. The SMILES string of the molecule is Cc1[nH]ccc1-c1ncn[nH]1. The van der Waals surface area contributed by atoms with E-state index in [-0.39, 0.29) is 0 Å². The average Bonchev–Trinajstić information content (AvgIpc) is 2.55. The molecule has 2 aromatic heterocycles. The Balaban J connectivity index is 2.53. The van der Waals surface area contributed by atoms with E-state index in [9.17, 15) is 0 Å². The van der Waals surface area contributed by atoms with Crippen molar-refractivity contribution in [2.24, 2.45) is 0 Å². The molecule has 0 aliphatic carbocycles. The summed E-state index contributed by atoms with van der Waals surface area (Å²) in [6, 6.07) is 1.97. The van der Waals surface area contributed by atoms with Gasteiger partial charge in [-0.1, -0.05) is 0 Å². The first-order chi connectivity index (χ1) is 5.38. The normalized spacial score (nSPS) is 10.3. The fourth-order valence-electron chi connectivity index (χ4n) is 1.04. The maximum Gasteiger partial charge on any atom is 0.157 e. The van der Waals surface area contributed by atoms with Crippen molar-refractivity contribution in [2.75, 3.05) is 0 Å². The first kappa shape index (κ1) is 6.15. The molecule has 0 saturated heterocycles. The summed E-state index contributed by atoms with van der Waals surface area (Å²) in [6.45, 7) is 2.00. The lowest BCUT2D eigenvalue weighted by atomic mass is 10.2. The molecule has 2 N–H and O–H groups in total. The van der Waals surface area contributed by atoms with E-state index in [2.05, 4.69) is 20.2 Å². The molecule has 11 heavy (non-hydrogen) atoms. The van der Waals surface area contributed by atoms with Crippen molar-refractivity contribution in [3.8, 4) is 11.4 Å². The number of nitrogens with zero attached hydrogens (tertiary/aromatic N) is 2. The van der Waals surface area contributed by atoms with E-state index in [1.807, 2.05) is 19.2 Å². The Bertz CT molecular complexity index is 333. The third-order valence-electron chi connectivity index (χ3n) is 1.62. The van der Waals surface area contributed by atoms with E-state index >= 15 is 0 Å². The van der Waals surface area contributed by atoms with Gasteiger partial charge in [-0.2, -0.15) is 5.10 Å². The number of aromatic nitrogens is 4. The summed E-state index contributed by atoms with van der Waals surface area (Å²) in [5.41, 5.74) is 2.17. The maximum atomic E-state index is 4.03. The lowest BCUT2D eigenvalue weighted by molar-refractivity contribution is 1.09. The first-order valence-corrected chi connectivity index (χ1v) is 3.37. The minimum absolute atomic E-state index is 0.809. The van der Waals surface area contributed by atoms with Gasteiger partial charge in [0.25, 0.3) is 0 Å². The van der Waals surface area contributed by atoms with Gasteiger partial charge in [0.2, 0.25) is 0 Å². The predicted octanol–water partition coefficient (Wildman–Crippen LogP) is 1.11. The summed E-state index contributed by atoms with van der Waals surface area (Å²) in [6.07, 6.45) is 3.38. The van der Waals surface area contributed by atoms with Crippen LogP contribution in [0.5, 0.6) is 0 Å². The molecule has 4 heteroatoms. The highest BCUT2D eigenvalue weighted by molar-refractivity contribution is 5.57. The Morgan fingerprint density at radius 3 is 2.91 bits per heavy atom. The van der Waals surface area contributed by atoms with Crippen LogP contribution in [0.2, 0.25) is 0 Å². The average molecular weight is 148 g/mol. The van der Waals surface area contributed by atoms with Gasteiger partial charge in [-0.3, -0.25) is 5.10 Å². The van der Waals surface area contributed by atoms with Crippen LogP contribution < -0.4 is 0 Å². The van der Waals surface area contributed by atoms with Crippen molar-refractivity contribution in [1.82, 2.24) is 20.2 Å². The standard InChI is InChI=1S/C7H8N4/c1-5-6(2-3-8-5)7-9-4-10-11-7/h2-4,8H,1H3,(H,9,10,11). The van der Waals surface area contributed by atoms with Gasteiger partial charge in [-0.05, 0) is 13.0 Å². The van der Waals surface area contributed by atoms with Crippen LogP contribution in [0.1, 0.15) is 5.69 Å². The molecule has 0 amide bonds. The zero-order valence-corrected chi connectivity index (χ0v) is 6.13. The molecule has 2 aromatic rings. The highest BCUT2D eigenvalue weighted by atomic mass is 15.2. The summed E-state index contributed by atoms with van der Waals surface area (Å²) >= 11 is 0. The molecule has 56 valence electrons. The van der Waals surface area contributed by atoms with Crippen LogP contribution >= 0.6 is 0 Å². The molecular formula is C7H8N4. The fourth-order valence-corrected chi connectivity index (χ4v) is 1.04. The monoisotopic (exact) mass is 148 g/mol. The Hall–Kier alpha value is -1.58. The first-order valence-electron chi connectivity index (χ1n) is 3.37. The number of hydrogen-bond acceptors (Lipinski definition) is 2. The van der Waals surface area contributed by atoms with Crippen LogP contribution in [0.15, 0.2) is 18.6 Å². The molecule has 2 rings (SSSR count). The number of aromatic amines is 2. The second-order valence-electron chi connectivity index (χ2n) is 2.35. The lowest BCUT2D eigenvalue weighted by Gasteiger charge is -1.90. The molecule has 0 bridgehead atoms. The maximum absolute atomic E-state index is 4.03. The van der Waals surface area contributed by atoms with Crippen LogP contribution in [0.3, 0.4) is 0 Å². The lowest BCUT2D eigenvalue weighted by Crippen LogP contribution is -1.80. The Labute approximate surface area is 63.7 Å². The summed E-state index contributed by atoms with van der Waals surface area (Å²) in [5.74, 6) is 0.809. The molecule has 0 aromatic carbocycles. The highest BCUT2D eigenvalue weighted by Gasteiger charge is 2.03. The van der Waals surface area contributed by atoms with Crippen molar-refractivity contribution in [2.45, 2.75) is 6.92 Å². The van der Waals surface area contributed by atoms with E-state index in [4.69, 9.17) is 0 Å². The quantitative estimate of drug-likeness (QED) is 0.636. The van der Waals surface area contributed by atoms with Crippen LogP contribution in [0.25, 0.3) is 11.4 Å². The van der Waals surface area contributed by atoms with E-state index in [1.54, 1.807) is 0 Å². The molecular weight excluding hydrogens is 140 g/mol. The van der Waals surface area contributed by atoms with E-state index in [0.717, 1.165) is 17.1 Å². The van der Waals surface area contributed by atoms with Crippen LogP contribution in [-0.4, -0.2) is 20.2 Å². The Morgan fingerprint density at radius 2 is 2.36 bits per heavy atom. The summed E-state index contributed by atoms with van der Waals surface area (Å²) < 4.78 is 0. The minimum Gasteiger partial charge on any atom is -0.365 e. The fraction of sp³-hybridized carbons (Fsp3) is 0.143. The van der Waals surface area contributed by atoms with Gasteiger partial charge >= 0.3 is 0 Å². The summed E-state index contributed by atoms with van der Waals surface area (Å²) in [7, 11) is 0. The molecule has 4 nitrogen and oxygen atoms in total. The molecule has 0 unspecified atom stereocenters. The molecule has 0 fully saturated rings. The van der Waals surface area contributed by atoms with Gasteiger partial charge in [-0.25, -0.2) is 4.98 Å². The van der Waals surface area contributed by atoms with Crippen molar-refractivity contribution < 1.29 is 0 Å². The zero-order chi connectivity index (χ0) is 7.68. The van der Waals surface area contributed by atoms with Crippen molar-refractivity contribution in [3.63, 3.8) is 0 Å². The second kappa shape index (κ2) is 2.23. The number of H-pyrrole nitrogens is 2. The van der Waals surface area contributed by atoms with Crippen molar-refractivity contribution in [3.05, 3.63) is 24.3 Å². The molecule has 0 aliphatic heterocycles. The molecule has 0 spiro atoms. The van der Waals surface area contributed by atoms with Gasteiger partial charge < -0.3 is 4.98 Å². The molecule has 2 heterocycles. The van der Waals surface area contributed by atoms with E-state index in [1.165, 1.54) is 6.33 Å². The van der Waals surface area contributed by atoms with Crippen molar-refractivity contribution in [1.29, 1.82) is 0 Å². The van der Waals surface area contributed by atoms with Gasteiger partial charge in [0.05, 0.1) is 0 Å². The zero-order valence-electron chi connectivity index (χ0n) is 6.13. The van der Waals surface area contributed by atoms with E-state index in [0.29, 0.717) is 0 Å². The third kappa shape index (κ3) is 0.920. The van der Waals surface area contributed by atoms with Gasteiger partial charge in [-0.15, -0.1) is 0 Å². The predicted molar refractivity (Wildman–Crippen MR) is 40.9 cm³/mol. The van der Waals surface area contributed by atoms with Gasteiger partial charge in [0.15, 0.2) is 5.82 Å². The Morgan fingerprint density at radius 1 is 1.45 bits per heavy atom. The van der Waals surface area contributed by atoms with E-state index < -0.39 is 0 Å².